The molecule has 0 atom stereocenters. The van der Waals surface area contributed by atoms with Gasteiger partial charge >= 0.3 is 0 Å². The molecule has 1 heterocycles. The summed E-state index contributed by atoms with van der Waals surface area (Å²) in [5.74, 6) is 0. The first-order valence-electron chi connectivity index (χ1n) is 23.7. The number of anilines is 3. The Bertz CT molecular complexity index is 3420. The summed E-state index contributed by atoms with van der Waals surface area (Å²) in [6.07, 6.45) is 14.7. The number of allylic oxidation sites excluding steroid dienone is 5. The molecule has 69 heavy (non-hydrogen) atoms. The van der Waals surface area contributed by atoms with Crippen molar-refractivity contribution in [3.8, 4) is 55.6 Å². The Kier molecular flexibility index (Phi) is 13.1. The normalized spacial score (nSPS) is 11.6. The van der Waals surface area contributed by atoms with E-state index in [1.54, 1.807) is 6.08 Å². The zero-order chi connectivity index (χ0) is 46.9. The molecule has 2 heteroatoms. The molecule has 0 fully saturated rings. The Labute approximate surface area is 407 Å². The van der Waals surface area contributed by atoms with E-state index in [-0.39, 0.29) is 0 Å². The first kappa shape index (κ1) is 44.1. The molecule has 0 saturated carbocycles. The van der Waals surface area contributed by atoms with Crippen molar-refractivity contribution >= 4 is 40.1 Å². The van der Waals surface area contributed by atoms with Crippen LogP contribution in [0.4, 0.5) is 17.1 Å². The molecule has 0 aliphatic rings. The monoisotopic (exact) mass is 886 g/mol. The van der Waals surface area contributed by atoms with E-state index in [4.69, 9.17) is 0 Å². The fourth-order valence-electron chi connectivity index (χ4n) is 9.48. The van der Waals surface area contributed by atoms with Crippen LogP contribution >= 0.6 is 0 Å². The van der Waals surface area contributed by atoms with Crippen molar-refractivity contribution in [1.29, 1.82) is 0 Å². The molecule has 10 aromatic rings. The van der Waals surface area contributed by atoms with Crippen LogP contribution in [-0.2, 0) is 6.54 Å². The van der Waals surface area contributed by atoms with E-state index in [9.17, 15) is 0 Å². The number of nitrogens with zero attached hydrogens (tertiary/aromatic N) is 2. The minimum absolute atomic E-state index is 0.747. The number of hydrogen-bond donors (Lipinski definition) is 0. The van der Waals surface area contributed by atoms with Crippen LogP contribution in [0.15, 0.2) is 261 Å². The summed E-state index contributed by atoms with van der Waals surface area (Å²) in [7, 11) is 0. The lowest BCUT2D eigenvalue weighted by Gasteiger charge is -2.27. The molecule has 0 unspecified atom stereocenters. The second-order valence-electron chi connectivity index (χ2n) is 17.4. The third-order valence-corrected chi connectivity index (χ3v) is 13.0. The lowest BCUT2D eigenvalue weighted by Crippen LogP contribution is -2.10. The highest BCUT2D eigenvalue weighted by atomic mass is 15.1. The number of aryl methyl sites for hydroxylation is 1. The Morgan fingerprint density at radius 3 is 1.55 bits per heavy atom. The topological polar surface area (TPSA) is 8.17 Å². The maximum atomic E-state index is 3.83. The number of fused-ring (bicyclic) bond motifs is 1. The molecule has 10 rings (SSSR count). The minimum Gasteiger partial charge on any atom is -0.340 e. The van der Waals surface area contributed by atoms with Gasteiger partial charge < -0.3 is 9.47 Å². The van der Waals surface area contributed by atoms with Crippen LogP contribution in [0.1, 0.15) is 22.4 Å². The average Bonchev–Trinajstić information content (AvgIpc) is 3.68. The van der Waals surface area contributed by atoms with Crippen LogP contribution in [0, 0.1) is 13.8 Å². The van der Waals surface area contributed by atoms with Gasteiger partial charge in [0.2, 0.25) is 0 Å². The number of hydrogen-bond acceptors (Lipinski definition) is 1. The average molecular weight is 887 g/mol. The Hall–Kier alpha value is -8.72. The van der Waals surface area contributed by atoms with Crippen LogP contribution in [0.25, 0.3) is 78.7 Å². The number of benzene rings is 9. The van der Waals surface area contributed by atoms with Gasteiger partial charge in [0.1, 0.15) is 0 Å². The highest BCUT2D eigenvalue weighted by molar-refractivity contribution is 6.04. The van der Waals surface area contributed by atoms with E-state index in [0.29, 0.717) is 0 Å². The maximum Gasteiger partial charge on any atom is 0.0497 e. The van der Waals surface area contributed by atoms with Crippen molar-refractivity contribution in [3.63, 3.8) is 0 Å². The Morgan fingerprint density at radius 1 is 0.420 bits per heavy atom. The molecule has 1 aromatic heterocycles. The van der Waals surface area contributed by atoms with Crippen LogP contribution in [-0.4, -0.2) is 4.57 Å². The van der Waals surface area contributed by atoms with E-state index in [2.05, 4.69) is 279 Å². The molecule has 0 spiro atoms. The third kappa shape index (κ3) is 9.61. The lowest BCUT2D eigenvalue weighted by molar-refractivity contribution is 0.826. The van der Waals surface area contributed by atoms with Gasteiger partial charge in [-0.15, -0.1) is 0 Å². The molecule has 332 valence electrons. The quantitative estimate of drug-likeness (QED) is 0.0988. The van der Waals surface area contributed by atoms with Crippen molar-refractivity contribution in [1.82, 2.24) is 4.57 Å². The summed E-state index contributed by atoms with van der Waals surface area (Å²) >= 11 is 0. The largest absolute Gasteiger partial charge is 0.340 e. The van der Waals surface area contributed by atoms with E-state index in [1.165, 1.54) is 72.2 Å². The fraction of sp³-hybridized carbons (Fsp3) is 0.0448. The van der Waals surface area contributed by atoms with Gasteiger partial charge in [0.25, 0.3) is 0 Å². The van der Waals surface area contributed by atoms with Gasteiger partial charge in [-0.25, -0.2) is 0 Å². The molecule has 0 saturated heterocycles. The predicted octanol–water partition coefficient (Wildman–Crippen LogP) is 18.5. The van der Waals surface area contributed by atoms with Crippen LogP contribution in [0.5, 0.6) is 0 Å². The van der Waals surface area contributed by atoms with Gasteiger partial charge in [-0.3, -0.25) is 0 Å². The summed E-state index contributed by atoms with van der Waals surface area (Å²) in [5.41, 5.74) is 21.1. The van der Waals surface area contributed by atoms with E-state index < -0.39 is 0 Å². The summed E-state index contributed by atoms with van der Waals surface area (Å²) in [4.78, 5) is 2.40. The number of aromatic nitrogens is 1. The molecule has 0 N–H and O–H groups in total. The molecule has 0 radical (unpaired) electrons. The van der Waals surface area contributed by atoms with E-state index in [1.807, 2.05) is 12.2 Å². The molecule has 0 aliphatic carbocycles. The van der Waals surface area contributed by atoms with Gasteiger partial charge in [0.05, 0.1) is 0 Å². The minimum atomic E-state index is 0.747. The molecule has 0 amide bonds. The van der Waals surface area contributed by atoms with Crippen molar-refractivity contribution in [2.75, 3.05) is 4.90 Å². The third-order valence-electron chi connectivity index (χ3n) is 13.0. The van der Waals surface area contributed by atoms with Gasteiger partial charge in [-0.05, 0) is 141 Å². The molecular formula is C67H54N2. The molecule has 0 aliphatic heterocycles. The second kappa shape index (κ2) is 20.4. The van der Waals surface area contributed by atoms with E-state index in [0.717, 1.165) is 40.3 Å². The summed E-state index contributed by atoms with van der Waals surface area (Å²) in [6.45, 7) is 9.00. The fourth-order valence-corrected chi connectivity index (χ4v) is 9.48. The van der Waals surface area contributed by atoms with Gasteiger partial charge in [-0.1, -0.05) is 213 Å². The van der Waals surface area contributed by atoms with Gasteiger partial charge in [0, 0.05) is 45.8 Å². The molecule has 9 aromatic carbocycles. The highest BCUT2D eigenvalue weighted by Gasteiger charge is 2.19. The van der Waals surface area contributed by atoms with Crippen molar-refractivity contribution in [2.24, 2.45) is 0 Å². The Morgan fingerprint density at radius 2 is 0.942 bits per heavy atom. The smallest absolute Gasteiger partial charge is 0.0497 e. The van der Waals surface area contributed by atoms with Gasteiger partial charge in [-0.2, -0.15) is 0 Å². The van der Waals surface area contributed by atoms with Crippen molar-refractivity contribution < 1.29 is 0 Å². The SMILES string of the molecule is C=C/C=C\C=C/Cn1c(C)c(/C=C\c2ccccc2C)c2c(-c3cccc(N(c4ccc(-c5cc(-c6ccccc6)cc(-c6ccccc6)c5)cc4)c4cccc(-c5ccccc5)c4)c3)cccc21. The molecular weight excluding hydrogens is 833 g/mol. The standard InChI is InChI=1S/C67H54N2/c1-4-5-6-7-19-43-68-50(3)64(42-39-51-24-18-17-23-49(51)2)67-65(35-22-36-66(67)68)57-32-21-34-63(48-57)69(62-33-20-31-56(47-62)52-25-11-8-12-26-52)61-40-37-55(38-41-61)60-45-58(53-27-13-9-14-28-53)44-59(46-60)54-29-15-10-16-30-54/h4-42,44-48H,1,43H2,2-3H3/b6-5-,19-7-,42-39-. The summed E-state index contributed by atoms with van der Waals surface area (Å²) in [6, 6.07) is 81.3. The summed E-state index contributed by atoms with van der Waals surface area (Å²) < 4.78 is 2.43. The first-order chi connectivity index (χ1) is 34.0. The molecule has 0 bridgehead atoms. The van der Waals surface area contributed by atoms with Crippen LogP contribution < -0.4 is 4.90 Å². The Balaban J connectivity index is 1.10. The predicted molar refractivity (Wildman–Crippen MR) is 297 cm³/mol. The highest BCUT2D eigenvalue weighted by Crippen LogP contribution is 2.42. The summed E-state index contributed by atoms with van der Waals surface area (Å²) in [5, 5.41) is 1.24. The number of rotatable bonds is 14. The molecule has 2 nitrogen and oxygen atoms in total. The van der Waals surface area contributed by atoms with Crippen molar-refractivity contribution in [2.45, 2.75) is 20.4 Å². The zero-order valence-electron chi connectivity index (χ0n) is 39.2. The van der Waals surface area contributed by atoms with Crippen LogP contribution in [0.2, 0.25) is 0 Å². The maximum absolute atomic E-state index is 3.83. The zero-order valence-corrected chi connectivity index (χ0v) is 39.2. The lowest BCUT2D eigenvalue weighted by atomic mass is 9.93. The van der Waals surface area contributed by atoms with Gasteiger partial charge in [0.15, 0.2) is 0 Å². The van der Waals surface area contributed by atoms with E-state index >= 15 is 0 Å². The second-order valence-corrected chi connectivity index (χ2v) is 17.4. The first-order valence-corrected chi connectivity index (χ1v) is 23.7. The van der Waals surface area contributed by atoms with Crippen molar-refractivity contribution in [3.05, 3.63) is 284 Å². The van der Waals surface area contributed by atoms with Crippen LogP contribution in [0.3, 0.4) is 0 Å².